The molecule has 0 radical (unpaired) electrons. The molecular formula is C26H36OSi. The molecule has 0 aromatic heterocycles. The molecule has 2 heteroatoms. The van der Waals surface area contributed by atoms with E-state index in [0.29, 0.717) is 11.5 Å². The molecule has 0 heterocycles. The van der Waals surface area contributed by atoms with Gasteiger partial charge in [-0.25, -0.2) is 0 Å². The summed E-state index contributed by atoms with van der Waals surface area (Å²) >= 11 is 0. The lowest BCUT2D eigenvalue weighted by molar-refractivity contribution is 0.0236. The molecule has 0 spiro atoms. The zero-order valence-electron chi connectivity index (χ0n) is 18.5. The van der Waals surface area contributed by atoms with E-state index in [-0.39, 0.29) is 10.5 Å². The molecule has 4 rings (SSSR count). The molecule has 3 atom stereocenters. The van der Waals surface area contributed by atoms with Crippen molar-refractivity contribution in [3.8, 4) is 0 Å². The molecule has 28 heavy (non-hydrogen) atoms. The first-order valence-corrected chi connectivity index (χ1v) is 12.8. The second kappa shape index (κ2) is 6.57. The SMILES string of the molecule is CC1(C)C2CCC1(C)C(O[Si](c1ccccc1)(c1ccccc1)C(C)(C)C)C2. The first-order chi connectivity index (χ1) is 13.1. The van der Waals surface area contributed by atoms with E-state index in [1.54, 1.807) is 0 Å². The second-order valence-electron chi connectivity index (χ2n) is 10.9. The van der Waals surface area contributed by atoms with Crippen LogP contribution in [0.4, 0.5) is 0 Å². The molecule has 3 unspecified atom stereocenters. The maximum absolute atomic E-state index is 7.55. The summed E-state index contributed by atoms with van der Waals surface area (Å²) in [5, 5.41) is 2.86. The standard InChI is InChI=1S/C26H36OSi/c1-24(2,3)28(21-13-9-7-10-14-21,22-15-11-8-12-16-22)27-23-19-20-17-18-26(23,6)25(20,4)5/h7-16,20,23H,17-19H2,1-6H3. The van der Waals surface area contributed by atoms with Gasteiger partial charge in [-0.05, 0) is 51.4 Å². The molecule has 0 amide bonds. The molecular weight excluding hydrogens is 356 g/mol. The molecule has 2 aliphatic carbocycles. The van der Waals surface area contributed by atoms with Gasteiger partial charge in [0, 0.05) is 0 Å². The molecule has 2 bridgehead atoms. The van der Waals surface area contributed by atoms with Crippen molar-refractivity contribution in [2.75, 3.05) is 0 Å². The van der Waals surface area contributed by atoms with Crippen LogP contribution in [0.3, 0.4) is 0 Å². The Morgan fingerprint density at radius 3 is 1.71 bits per heavy atom. The summed E-state index contributed by atoms with van der Waals surface area (Å²) in [6.45, 7) is 14.6. The zero-order valence-corrected chi connectivity index (χ0v) is 19.5. The largest absolute Gasteiger partial charge is 0.404 e. The maximum atomic E-state index is 7.55. The molecule has 150 valence electrons. The molecule has 2 aromatic rings. The number of rotatable bonds is 4. The van der Waals surface area contributed by atoms with Crippen molar-refractivity contribution in [3.63, 3.8) is 0 Å². The van der Waals surface area contributed by atoms with Crippen molar-refractivity contribution in [2.45, 2.75) is 71.9 Å². The van der Waals surface area contributed by atoms with Gasteiger partial charge >= 0.3 is 0 Å². The number of hydrogen-bond acceptors (Lipinski definition) is 1. The Balaban J connectivity index is 1.87. The van der Waals surface area contributed by atoms with Gasteiger partial charge in [-0.3, -0.25) is 0 Å². The maximum Gasteiger partial charge on any atom is 0.261 e. The van der Waals surface area contributed by atoms with Gasteiger partial charge in [0.1, 0.15) is 0 Å². The first-order valence-electron chi connectivity index (χ1n) is 10.9. The van der Waals surface area contributed by atoms with Crippen LogP contribution in [-0.2, 0) is 4.43 Å². The smallest absolute Gasteiger partial charge is 0.261 e. The average molecular weight is 393 g/mol. The summed E-state index contributed by atoms with van der Waals surface area (Å²) in [5.74, 6) is 0.792. The van der Waals surface area contributed by atoms with Crippen LogP contribution in [0.5, 0.6) is 0 Å². The van der Waals surface area contributed by atoms with E-state index in [1.807, 2.05) is 0 Å². The highest BCUT2D eigenvalue weighted by Crippen LogP contribution is 2.66. The van der Waals surface area contributed by atoms with E-state index in [4.69, 9.17) is 4.43 Å². The fraction of sp³-hybridized carbons (Fsp3) is 0.538. The highest BCUT2D eigenvalue weighted by Gasteiger charge is 2.64. The van der Waals surface area contributed by atoms with Crippen LogP contribution in [0.25, 0.3) is 0 Å². The third kappa shape index (κ3) is 2.68. The fourth-order valence-corrected chi connectivity index (χ4v) is 11.0. The third-order valence-electron chi connectivity index (χ3n) is 8.45. The molecule has 0 saturated heterocycles. The summed E-state index contributed by atoms with van der Waals surface area (Å²) in [6.07, 6.45) is 4.22. The van der Waals surface area contributed by atoms with E-state index in [1.165, 1.54) is 29.6 Å². The Morgan fingerprint density at radius 2 is 1.36 bits per heavy atom. The van der Waals surface area contributed by atoms with Crippen LogP contribution in [0, 0.1) is 16.7 Å². The van der Waals surface area contributed by atoms with Crippen molar-refractivity contribution in [1.82, 2.24) is 0 Å². The average Bonchev–Trinajstić information content (AvgIpc) is 3.00. The lowest BCUT2D eigenvalue weighted by Crippen LogP contribution is -2.68. The molecule has 0 N–H and O–H groups in total. The Hall–Kier alpha value is -1.38. The summed E-state index contributed by atoms with van der Waals surface area (Å²) < 4.78 is 7.55. The minimum Gasteiger partial charge on any atom is -0.404 e. The molecule has 2 aromatic carbocycles. The van der Waals surface area contributed by atoms with Crippen LogP contribution in [-0.4, -0.2) is 14.4 Å². The van der Waals surface area contributed by atoms with Gasteiger partial charge in [-0.15, -0.1) is 0 Å². The minimum absolute atomic E-state index is 0.0536. The van der Waals surface area contributed by atoms with Gasteiger partial charge < -0.3 is 4.43 Å². The monoisotopic (exact) mass is 392 g/mol. The van der Waals surface area contributed by atoms with Crippen molar-refractivity contribution in [2.24, 2.45) is 16.7 Å². The molecule has 1 nitrogen and oxygen atoms in total. The minimum atomic E-state index is -2.46. The predicted octanol–water partition coefficient (Wildman–Crippen LogP) is 5.78. The van der Waals surface area contributed by atoms with E-state index in [0.717, 1.165) is 5.92 Å². The van der Waals surface area contributed by atoms with Gasteiger partial charge in [-0.2, -0.15) is 0 Å². The van der Waals surface area contributed by atoms with Crippen LogP contribution >= 0.6 is 0 Å². The fourth-order valence-electron chi connectivity index (χ4n) is 6.21. The summed E-state index contributed by atoms with van der Waals surface area (Å²) in [5.41, 5.74) is 0.633. The predicted molar refractivity (Wildman–Crippen MR) is 122 cm³/mol. The van der Waals surface area contributed by atoms with E-state index < -0.39 is 8.32 Å². The topological polar surface area (TPSA) is 9.23 Å². The van der Waals surface area contributed by atoms with Gasteiger partial charge in [0.05, 0.1) is 6.10 Å². The second-order valence-corrected chi connectivity index (χ2v) is 15.1. The Labute approximate surface area is 172 Å². The third-order valence-corrected chi connectivity index (χ3v) is 13.5. The van der Waals surface area contributed by atoms with Gasteiger partial charge in [0.2, 0.25) is 0 Å². The van der Waals surface area contributed by atoms with Crippen molar-refractivity contribution < 1.29 is 4.43 Å². The van der Waals surface area contributed by atoms with Crippen molar-refractivity contribution >= 4 is 18.7 Å². The highest BCUT2D eigenvalue weighted by atomic mass is 28.4. The normalized spacial score (nSPS) is 29.2. The highest BCUT2D eigenvalue weighted by molar-refractivity contribution is 6.99. The summed E-state index contributed by atoms with van der Waals surface area (Å²) in [4.78, 5) is 0. The van der Waals surface area contributed by atoms with E-state index >= 15 is 0 Å². The number of fused-ring (bicyclic) bond motifs is 2. The van der Waals surface area contributed by atoms with Crippen LogP contribution in [0.2, 0.25) is 5.04 Å². The molecule has 2 saturated carbocycles. The Kier molecular flexibility index (Phi) is 4.67. The lowest BCUT2D eigenvalue weighted by atomic mass is 9.70. The van der Waals surface area contributed by atoms with Crippen LogP contribution in [0.1, 0.15) is 60.8 Å². The molecule has 0 aliphatic heterocycles. The molecule has 2 fully saturated rings. The van der Waals surface area contributed by atoms with Crippen LogP contribution in [0.15, 0.2) is 60.7 Å². The Bertz CT molecular complexity index is 781. The van der Waals surface area contributed by atoms with Crippen molar-refractivity contribution in [3.05, 3.63) is 60.7 Å². The quantitative estimate of drug-likeness (QED) is 0.600. The van der Waals surface area contributed by atoms with E-state index in [2.05, 4.69) is 102 Å². The van der Waals surface area contributed by atoms with E-state index in [9.17, 15) is 0 Å². The summed E-state index contributed by atoms with van der Waals surface area (Å²) in [6, 6.07) is 22.2. The van der Waals surface area contributed by atoms with Gasteiger partial charge in [-0.1, -0.05) is 102 Å². The van der Waals surface area contributed by atoms with Crippen molar-refractivity contribution in [1.29, 1.82) is 0 Å². The first kappa shape index (κ1) is 19.9. The lowest BCUT2D eigenvalue weighted by Gasteiger charge is -2.49. The number of benzene rings is 2. The van der Waals surface area contributed by atoms with Gasteiger partial charge in [0.25, 0.3) is 8.32 Å². The van der Waals surface area contributed by atoms with Crippen LogP contribution < -0.4 is 10.4 Å². The number of hydrogen-bond donors (Lipinski definition) is 0. The summed E-state index contributed by atoms with van der Waals surface area (Å²) in [7, 11) is -2.46. The molecule has 2 aliphatic rings. The Morgan fingerprint density at radius 1 is 0.857 bits per heavy atom. The van der Waals surface area contributed by atoms with Gasteiger partial charge in [0.15, 0.2) is 0 Å². The zero-order chi connectivity index (χ0) is 20.2.